The standard InChI is InChI=1S/C17H23N3O3S/c1-3-8-23-15-7-6-13(10-16(15)21-2)11-19-20-17(24)18-12-14-5-4-9-22-14/h3,6-7,10-11,14H,1,4-5,8-9,12H2,2H3,(H2,18,20,24)/b19-11-/t14-/m1/s1. The molecular formula is C17H23N3O3S. The first-order chi connectivity index (χ1) is 11.7. The molecule has 2 rings (SSSR count). The van der Waals surface area contributed by atoms with Gasteiger partial charge < -0.3 is 19.5 Å². The molecule has 0 saturated carbocycles. The van der Waals surface area contributed by atoms with Crippen molar-refractivity contribution in [3.05, 3.63) is 36.4 Å². The summed E-state index contributed by atoms with van der Waals surface area (Å²) in [7, 11) is 1.60. The summed E-state index contributed by atoms with van der Waals surface area (Å²) in [4.78, 5) is 0. The van der Waals surface area contributed by atoms with E-state index in [4.69, 9.17) is 26.4 Å². The maximum Gasteiger partial charge on any atom is 0.187 e. The topological polar surface area (TPSA) is 64.1 Å². The molecule has 0 aliphatic carbocycles. The molecule has 1 fully saturated rings. The van der Waals surface area contributed by atoms with Crippen molar-refractivity contribution in [1.29, 1.82) is 0 Å². The third-order valence-corrected chi connectivity index (χ3v) is 3.67. The summed E-state index contributed by atoms with van der Waals surface area (Å²) in [6, 6.07) is 5.55. The minimum absolute atomic E-state index is 0.237. The van der Waals surface area contributed by atoms with E-state index in [-0.39, 0.29) is 6.10 Å². The molecule has 1 aromatic rings. The quantitative estimate of drug-likeness (QED) is 0.325. The summed E-state index contributed by atoms with van der Waals surface area (Å²) in [6.07, 6.45) is 5.77. The van der Waals surface area contributed by atoms with Crippen LogP contribution < -0.4 is 20.2 Å². The molecule has 0 radical (unpaired) electrons. The largest absolute Gasteiger partial charge is 0.493 e. The summed E-state index contributed by atoms with van der Waals surface area (Å²) < 4.78 is 16.3. The van der Waals surface area contributed by atoms with Crippen LogP contribution in [0.1, 0.15) is 18.4 Å². The highest BCUT2D eigenvalue weighted by molar-refractivity contribution is 7.80. The zero-order chi connectivity index (χ0) is 17.2. The normalized spacial score (nSPS) is 16.8. The van der Waals surface area contributed by atoms with Crippen LogP contribution in [-0.2, 0) is 4.74 Å². The van der Waals surface area contributed by atoms with Gasteiger partial charge in [0, 0.05) is 13.2 Å². The van der Waals surface area contributed by atoms with Gasteiger partial charge in [-0.25, -0.2) is 0 Å². The van der Waals surface area contributed by atoms with E-state index in [1.54, 1.807) is 19.4 Å². The Hall–Kier alpha value is -2.12. The summed E-state index contributed by atoms with van der Waals surface area (Å²) in [5.41, 5.74) is 3.66. The molecule has 1 heterocycles. The van der Waals surface area contributed by atoms with Gasteiger partial charge in [0.25, 0.3) is 0 Å². The fraction of sp³-hybridized carbons (Fsp3) is 0.412. The van der Waals surface area contributed by atoms with Crippen molar-refractivity contribution < 1.29 is 14.2 Å². The van der Waals surface area contributed by atoms with Crippen LogP contribution in [0.2, 0.25) is 0 Å². The molecule has 2 N–H and O–H groups in total. The van der Waals surface area contributed by atoms with Crippen molar-refractivity contribution in [1.82, 2.24) is 10.7 Å². The average Bonchev–Trinajstić information content (AvgIpc) is 3.12. The molecule has 6 nitrogen and oxygen atoms in total. The molecule has 0 bridgehead atoms. The Morgan fingerprint density at radius 1 is 1.50 bits per heavy atom. The number of benzene rings is 1. The molecule has 24 heavy (non-hydrogen) atoms. The van der Waals surface area contributed by atoms with Crippen molar-refractivity contribution in [3.8, 4) is 11.5 Å². The Morgan fingerprint density at radius 3 is 3.08 bits per heavy atom. The summed E-state index contributed by atoms with van der Waals surface area (Å²) in [5.74, 6) is 1.30. The number of nitrogens with one attached hydrogen (secondary N) is 2. The predicted molar refractivity (Wildman–Crippen MR) is 99.0 cm³/mol. The first-order valence-electron chi connectivity index (χ1n) is 7.83. The van der Waals surface area contributed by atoms with Crippen LogP contribution >= 0.6 is 12.2 Å². The van der Waals surface area contributed by atoms with Gasteiger partial charge in [0.05, 0.1) is 19.4 Å². The highest BCUT2D eigenvalue weighted by Gasteiger charge is 2.14. The molecule has 7 heteroatoms. The van der Waals surface area contributed by atoms with Gasteiger partial charge in [-0.3, -0.25) is 5.43 Å². The lowest BCUT2D eigenvalue weighted by molar-refractivity contribution is 0.114. The molecule has 130 valence electrons. The van der Waals surface area contributed by atoms with Gasteiger partial charge in [-0.05, 0) is 48.8 Å². The number of rotatable bonds is 8. The maximum absolute atomic E-state index is 5.52. The Kier molecular flexibility index (Phi) is 7.51. The fourth-order valence-corrected chi connectivity index (χ4v) is 2.39. The monoisotopic (exact) mass is 349 g/mol. The average molecular weight is 349 g/mol. The minimum Gasteiger partial charge on any atom is -0.493 e. The number of thiocarbonyl (C=S) groups is 1. The number of hydrogen-bond donors (Lipinski definition) is 2. The lowest BCUT2D eigenvalue weighted by Crippen LogP contribution is -2.37. The van der Waals surface area contributed by atoms with Gasteiger partial charge in [-0.2, -0.15) is 5.10 Å². The molecule has 0 amide bonds. The Bertz CT molecular complexity index is 586. The number of hydrogen-bond acceptors (Lipinski definition) is 5. The molecule has 0 spiro atoms. The lowest BCUT2D eigenvalue weighted by Gasteiger charge is -2.12. The van der Waals surface area contributed by atoms with Crippen molar-refractivity contribution in [3.63, 3.8) is 0 Å². The van der Waals surface area contributed by atoms with E-state index in [1.165, 1.54) is 0 Å². The van der Waals surface area contributed by atoms with Crippen LogP contribution in [0, 0.1) is 0 Å². The summed E-state index contributed by atoms with van der Waals surface area (Å²) >= 11 is 5.18. The molecule has 1 saturated heterocycles. The van der Waals surface area contributed by atoms with Crippen molar-refractivity contribution in [2.75, 3.05) is 26.9 Å². The molecule has 1 aliphatic rings. The molecule has 0 aromatic heterocycles. The van der Waals surface area contributed by atoms with E-state index < -0.39 is 0 Å². The number of ether oxygens (including phenoxy) is 3. The first kappa shape index (κ1) is 18.2. The van der Waals surface area contributed by atoms with Gasteiger partial charge in [0.15, 0.2) is 16.6 Å². The van der Waals surface area contributed by atoms with Gasteiger partial charge in [-0.1, -0.05) is 12.7 Å². The summed E-state index contributed by atoms with van der Waals surface area (Å²) in [6.45, 7) is 5.58. The molecule has 1 aromatic carbocycles. The second-order valence-corrected chi connectivity index (χ2v) is 5.63. The highest BCUT2D eigenvalue weighted by atomic mass is 32.1. The molecular weight excluding hydrogens is 326 g/mol. The van der Waals surface area contributed by atoms with Crippen molar-refractivity contribution in [2.45, 2.75) is 18.9 Å². The van der Waals surface area contributed by atoms with Crippen LogP contribution in [0.3, 0.4) is 0 Å². The second kappa shape index (κ2) is 9.89. The van der Waals surface area contributed by atoms with E-state index in [0.29, 0.717) is 29.8 Å². The highest BCUT2D eigenvalue weighted by Crippen LogP contribution is 2.27. The molecule has 1 aliphatic heterocycles. The lowest BCUT2D eigenvalue weighted by atomic mass is 10.2. The smallest absolute Gasteiger partial charge is 0.187 e. The SMILES string of the molecule is C=CCOc1ccc(/C=N\NC(=S)NC[C@H]2CCCO2)cc1OC. The summed E-state index contributed by atoms with van der Waals surface area (Å²) in [5, 5.41) is 7.69. The third kappa shape index (κ3) is 5.82. The van der Waals surface area contributed by atoms with Crippen LogP contribution in [0.15, 0.2) is 36.0 Å². The van der Waals surface area contributed by atoms with E-state index in [1.807, 2.05) is 18.2 Å². The Labute approximate surface area is 147 Å². The minimum atomic E-state index is 0.237. The number of methoxy groups -OCH3 is 1. The van der Waals surface area contributed by atoms with Crippen molar-refractivity contribution >= 4 is 23.5 Å². The van der Waals surface area contributed by atoms with E-state index in [9.17, 15) is 0 Å². The first-order valence-corrected chi connectivity index (χ1v) is 8.24. The molecule has 0 unspecified atom stereocenters. The van der Waals surface area contributed by atoms with Crippen LogP contribution in [0.5, 0.6) is 11.5 Å². The number of nitrogens with zero attached hydrogens (tertiary/aromatic N) is 1. The Balaban J connectivity index is 1.81. The molecule has 1 atom stereocenters. The predicted octanol–water partition coefficient (Wildman–Crippen LogP) is 2.24. The van der Waals surface area contributed by atoms with Gasteiger partial charge in [0.2, 0.25) is 0 Å². The maximum atomic E-state index is 5.52. The van der Waals surface area contributed by atoms with Crippen LogP contribution in [0.25, 0.3) is 0 Å². The van der Waals surface area contributed by atoms with Gasteiger partial charge in [-0.15, -0.1) is 0 Å². The zero-order valence-electron chi connectivity index (χ0n) is 13.8. The second-order valence-electron chi connectivity index (χ2n) is 5.23. The van der Waals surface area contributed by atoms with E-state index in [2.05, 4.69) is 22.4 Å². The van der Waals surface area contributed by atoms with Crippen LogP contribution in [-0.4, -0.2) is 44.3 Å². The Morgan fingerprint density at radius 2 is 2.38 bits per heavy atom. The van der Waals surface area contributed by atoms with Crippen molar-refractivity contribution in [2.24, 2.45) is 5.10 Å². The third-order valence-electron chi connectivity index (χ3n) is 3.44. The zero-order valence-corrected chi connectivity index (χ0v) is 14.6. The van der Waals surface area contributed by atoms with Gasteiger partial charge >= 0.3 is 0 Å². The number of hydrazone groups is 1. The van der Waals surface area contributed by atoms with E-state index >= 15 is 0 Å². The van der Waals surface area contributed by atoms with Crippen LogP contribution in [0.4, 0.5) is 0 Å². The van der Waals surface area contributed by atoms with E-state index in [0.717, 1.165) is 25.0 Å². The fourth-order valence-electron chi connectivity index (χ4n) is 2.25. The van der Waals surface area contributed by atoms with Gasteiger partial charge in [0.1, 0.15) is 6.61 Å².